The number of Topliss-reactive ketones (excluding diaryl/α,β-unsaturated/α-hetero) is 1. The molecule has 0 aromatic carbocycles. The average molecular weight is 200 g/mol. The molecule has 1 saturated heterocycles. The predicted molar refractivity (Wildman–Crippen MR) is 54.3 cm³/mol. The van der Waals surface area contributed by atoms with Gasteiger partial charge >= 0.3 is 0 Å². The summed E-state index contributed by atoms with van der Waals surface area (Å²) in [6.45, 7) is 3.43. The molecule has 1 aliphatic rings. The zero-order valence-electron chi connectivity index (χ0n) is 9.12. The van der Waals surface area contributed by atoms with Gasteiger partial charge < -0.3 is 9.47 Å². The molecule has 0 aromatic heterocycles. The van der Waals surface area contributed by atoms with Crippen LogP contribution in [-0.4, -0.2) is 32.2 Å². The molecule has 1 heterocycles. The van der Waals surface area contributed by atoms with Crippen LogP contribution in [0.2, 0.25) is 0 Å². The fourth-order valence-corrected chi connectivity index (χ4v) is 1.66. The third kappa shape index (κ3) is 3.76. The van der Waals surface area contributed by atoms with E-state index in [2.05, 4.69) is 0 Å². The standard InChI is InChI=1S/C11H20O3/c1-9(13-2)5-6-11(12)10-4-3-7-14-8-10/h9-10H,3-8H2,1-2H3. The summed E-state index contributed by atoms with van der Waals surface area (Å²) in [5.74, 6) is 0.487. The number of carbonyl (C=O) groups is 1. The van der Waals surface area contributed by atoms with Crippen LogP contribution in [0.25, 0.3) is 0 Å². The molecule has 2 atom stereocenters. The van der Waals surface area contributed by atoms with E-state index in [1.165, 1.54) is 0 Å². The van der Waals surface area contributed by atoms with Gasteiger partial charge in [0.15, 0.2) is 0 Å². The number of ketones is 1. The summed E-state index contributed by atoms with van der Waals surface area (Å²) in [5, 5.41) is 0. The van der Waals surface area contributed by atoms with Crippen molar-refractivity contribution >= 4 is 5.78 Å². The van der Waals surface area contributed by atoms with Crippen molar-refractivity contribution in [3.63, 3.8) is 0 Å². The van der Waals surface area contributed by atoms with Crippen molar-refractivity contribution in [1.82, 2.24) is 0 Å². The molecule has 1 fully saturated rings. The fraction of sp³-hybridized carbons (Fsp3) is 0.909. The Hall–Kier alpha value is -0.410. The van der Waals surface area contributed by atoms with Gasteiger partial charge in [0, 0.05) is 26.1 Å². The Labute approximate surface area is 85.8 Å². The van der Waals surface area contributed by atoms with Gasteiger partial charge in [-0.2, -0.15) is 0 Å². The maximum absolute atomic E-state index is 11.7. The van der Waals surface area contributed by atoms with E-state index in [9.17, 15) is 4.79 Å². The van der Waals surface area contributed by atoms with Crippen LogP contribution in [-0.2, 0) is 14.3 Å². The predicted octanol–water partition coefficient (Wildman–Crippen LogP) is 1.80. The lowest BCUT2D eigenvalue weighted by Gasteiger charge is -2.21. The summed E-state index contributed by atoms with van der Waals surface area (Å²) in [4.78, 5) is 11.7. The zero-order valence-corrected chi connectivity index (χ0v) is 9.12. The summed E-state index contributed by atoms with van der Waals surface area (Å²) in [6.07, 6.45) is 3.66. The number of hydrogen-bond donors (Lipinski definition) is 0. The van der Waals surface area contributed by atoms with Crippen LogP contribution in [0.15, 0.2) is 0 Å². The molecule has 0 bridgehead atoms. The minimum atomic E-state index is 0.146. The first-order valence-corrected chi connectivity index (χ1v) is 5.37. The van der Waals surface area contributed by atoms with Crippen LogP contribution in [0, 0.1) is 5.92 Å². The van der Waals surface area contributed by atoms with Crippen molar-refractivity contribution in [2.45, 2.75) is 38.7 Å². The van der Waals surface area contributed by atoms with E-state index in [0.29, 0.717) is 18.8 Å². The Morgan fingerprint density at radius 2 is 2.43 bits per heavy atom. The van der Waals surface area contributed by atoms with E-state index >= 15 is 0 Å². The first-order valence-electron chi connectivity index (χ1n) is 5.37. The van der Waals surface area contributed by atoms with Crippen molar-refractivity contribution in [2.24, 2.45) is 5.92 Å². The summed E-state index contributed by atoms with van der Waals surface area (Å²) < 4.78 is 10.4. The lowest BCUT2D eigenvalue weighted by Crippen LogP contribution is -2.25. The fourth-order valence-electron chi connectivity index (χ4n) is 1.66. The summed E-state index contributed by atoms with van der Waals surface area (Å²) in [5.41, 5.74) is 0. The highest BCUT2D eigenvalue weighted by molar-refractivity contribution is 5.81. The van der Waals surface area contributed by atoms with Crippen LogP contribution in [0.1, 0.15) is 32.6 Å². The van der Waals surface area contributed by atoms with Gasteiger partial charge in [0.1, 0.15) is 5.78 Å². The van der Waals surface area contributed by atoms with Gasteiger partial charge in [-0.05, 0) is 26.2 Å². The van der Waals surface area contributed by atoms with E-state index in [1.54, 1.807) is 7.11 Å². The van der Waals surface area contributed by atoms with Gasteiger partial charge in [0.05, 0.1) is 12.7 Å². The lowest BCUT2D eigenvalue weighted by atomic mass is 9.94. The molecule has 0 radical (unpaired) electrons. The Bertz CT molecular complexity index is 173. The largest absolute Gasteiger partial charge is 0.382 e. The molecule has 0 N–H and O–H groups in total. The van der Waals surface area contributed by atoms with Crippen LogP contribution in [0.4, 0.5) is 0 Å². The Morgan fingerprint density at radius 3 is 3.00 bits per heavy atom. The molecule has 0 saturated carbocycles. The Balaban J connectivity index is 2.19. The molecule has 14 heavy (non-hydrogen) atoms. The maximum Gasteiger partial charge on any atom is 0.138 e. The molecule has 3 nitrogen and oxygen atoms in total. The SMILES string of the molecule is COC(C)CCC(=O)C1CCCOC1. The molecular formula is C11H20O3. The van der Waals surface area contributed by atoms with Crippen LogP contribution >= 0.6 is 0 Å². The van der Waals surface area contributed by atoms with E-state index in [-0.39, 0.29) is 12.0 Å². The Kier molecular flexibility index (Phi) is 5.12. The van der Waals surface area contributed by atoms with Gasteiger partial charge in [0.2, 0.25) is 0 Å². The normalized spacial score (nSPS) is 24.6. The van der Waals surface area contributed by atoms with Crippen LogP contribution < -0.4 is 0 Å². The maximum atomic E-state index is 11.7. The second kappa shape index (κ2) is 6.14. The molecule has 0 amide bonds. The lowest BCUT2D eigenvalue weighted by molar-refractivity contribution is -0.127. The average Bonchev–Trinajstić information content (AvgIpc) is 2.26. The first-order chi connectivity index (χ1) is 6.74. The van der Waals surface area contributed by atoms with E-state index < -0.39 is 0 Å². The first kappa shape index (κ1) is 11.7. The molecule has 2 unspecified atom stereocenters. The minimum absolute atomic E-state index is 0.146. The molecule has 82 valence electrons. The number of rotatable bonds is 5. The second-order valence-corrected chi connectivity index (χ2v) is 3.97. The molecule has 1 rings (SSSR count). The summed E-state index contributed by atoms with van der Waals surface area (Å²) >= 11 is 0. The van der Waals surface area contributed by atoms with Crippen molar-refractivity contribution in [1.29, 1.82) is 0 Å². The number of methoxy groups -OCH3 is 1. The monoisotopic (exact) mass is 200 g/mol. The molecule has 1 aliphatic heterocycles. The number of ether oxygens (including phenoxy) is 2. The molecular weight excluding hydrogens is 180 g/mol. The molecule has 0 spiro atoms. The van der Waals surface area contributed by atoms with Crippen LogP contribution in [0.5, 0.6) is 0 Å². The van der Waals surface area contributed by atoms with Gasteiger partial charge in [-0.1, -0.05) is 0 Å². The van der Waals surface area contributed by atoms with Crippen molar-refractivity contribution in [3.8, 4) is 0 Å². The highest BCUT2D eigenvalue weighted by Gasteiger charge is 2.21. The van der Waals surface area contributed by atoms with E-state index in [1.807, 2.05) is 6.92 Å². The van der Waals surface area contributed by atoms with Gasteiger partial charge in [-0.25, -0.2) is 0 Å². The van der Waals surface area contributed by atoms with Crippen molar-refractivity contribution < 1.29 is 14.3 Å². The molecule has 0 aliphatic carbocycles. The molecule has 3 heteroatoms. The van der Waals surface area contributed by atoms with E-state index in [4.69, 9.17) is 9.47 Å². The van der Waals surface area contributed by atoms with Crippen molar-refractivity contribution in [2.75, 3.05) is 20.3 Å². The van der Waals surface area contributed by atoms with E-state index in [0.717, 1.165) is 25.9 Å². The quantitative estimate of drug-likeness (QED) is 0.678. The van der Waals surface area contributed by atoms with Crippen molar-refractivity contribution in [3.05, 3.63) is 0 Å². The third-order valence-electron chi connectivity index (χ3n) is 2.82. The number of hydrogen-bond acceptors (Lipinski definition) is 3. The summed E-state index contributed by atoms with van der Waals surface area (Å²) in [6, 6.07) is 0. The zero-order chi connectivity index (χ0) is 10.4. The van der Waals surface area contributed by atoms with Gasteiger partial charge in [0.25, 0.3) is 0 Å². The topological polar surface area (TPSA) is 35.5 Å². The minimum Gasteiger partial charge on any atom is -0.382 e. The summed E-state index contributed by atoms with van der Waals surface area (Å²) in [7, 11) is 1.68. The van der Waals surface area contributed by atoms with Gasteiger partial charge in [-0.15, -0.1) is 0 Å². The number of carbonyl (C=O) groups excluding carboxylic acids is 1. The highest BCUT2D eigenvalue weighted by Crippen LogP contribution is 2.17. The van der Waals surface area contributed by atoms with Crippen LogP contribution in [0.3, 0.4) is 0 Å². The highest BCUT2D eigenvalue weighted by atomic mass is 16.5. The van der Waals surface area contributed by atoms with Gasteiger partial charge in [-0.3, -0.25) is 4.79 Å². The Morgan fingerprint density at radius 1 is 1.64 bits per heavy atom. The second-order valence-electron chi connectivity index (χ2n) is 3.97. The third-order valence-corrected chi connectivity index (χ3v) is 2.82. The molecule has 0 aromatic rings. The smallest absolute Gasteiger partial charge is 0.138 e.